The van der Waals surface area contributed by atoms with Crippen LogP contribution in [-0.2, 0) is 0 Å². The van der Waals surface area contributed by atoms with Gasteiger partial charge in [0.1, 0.15) is 0 Å². The van der Waals surface area contributed by atoms with Gasteiger partial charge in [-0.3, -0.25) is 0 Å². The van der Waals surface area contributed by atoms with Gasteiger partial charge in [-0.05, 0) is 50.7 Å². The van der Waals surface area contributed by atoms with Gasteiger partial charge in [-0.15, -0.1) is 0 Å². The van der Waals surface area contributed by atoms with E-state index in [1.165, 1.54) is 58.3 Å². The van der Waals surface area contributed by atoms with Gasteiger partial charge in [0, 0.05) is 12.6 Å². The molecule has 2 nitrogen and oxygen atoms in total. The van der Waals surface area contributed by atoms with Crippen LogP contribution in [0.3, 0.4) is 0 Å². The quantitative estimate of drug-likeness (QED) is 0.792. The Hall–Kier alpha value is -0.0800. The van der Waals surface area contributed by atoms with Crippen molar-refractivity contribution in [3.63, 3.8) is 0 Å². The second kappa shape index (κ2) is 6.02. The minimum Gasteiger partial charge on any atom is -0.316 e. The molecule has 3 unspecified atom stereocenters. The second-order valence-corrected chi connectivity index (χ2v) is 5.80. The second-order valence-electron chi connectivity index (χ2n) is 5.80. The van der Waals surface area contributed by atoms with Gasteiger partial charge >= 0.3 is 0 Å². The van der Waals surface area contributed by atoms with Crippen molar-refractivity contribution in [1.82, 2.24) is 10.2 Å². The minimum absolute atomic E-state index is 0.871. The van der Waals surface area contributed by atoms with Gasteiger partial charge in [-0.2, -0.15) is 0 Å². The molecule has 0 saturated carbocycles. The molecule has 2 rings (SSSR count). The Morgan fingerprint density at radius 1 is 1.19 bits per heavy atom. The van der Waals surface area contributed by atoms with Crippen molar-refractivity contribution < 1.29 is 0 Å². The monoisotopic (exact) mass is 224 g/mol. The number of nitrogens with one attached hydrogen (secondary N) is 1. The van der Waals surface area contributed by atoms with E-state index in [9.17, 15) is 0 Å². The van der Waals surface area contributed by atoms with Crippen molar-refractivity contribution in [2.24, 2.45) is 11.8 Å². The Labute approximate surface area is 101 Å². The number of hydrogen-bond acceptors (Lipinski definition) is 2. The normalized spacial score (nSPS) is 37.5. The number of nitrogens with zero attached hydrogens (tertiary/aromatic N) is 1. The van der Waals surface area contributed by atoms with E-state index < -0.39 is 0 Å². The molecule has 0 aromatic rings. The van der Waals surface area contributed by atoms with E-state index in [2.05, 4.69) is 24.1 Å². The Kier molecular flexibility index (Phi) is 4.66. The molecule has 0 radical (unpaired) electrons. The summed E-state index contributed by atoms with van der Waals surface area (Å²) in [6.45, 7) is 9.93. The fourth-order valence-corrected chi connectivity index (χ4v) is 3.35. The molecule has 0 aromatic heterocycles. The molecule has 94 valence electrons. The standard InChI is InChI=1S/C14H28N2/c1-3-14-7-5-4-6-8-16(14)11-13-10-15-9-12(13)2/h12-15H,3-11H2,1-2H3. The van der Waals surface area contributed by atoms with Crippen molar-refractivity contribution in [2.45, 2.75) is 52.0 Å². The zero-order valence-corrected chi connectivity index (χ0v) is 11.0. The summed E-state index contributed by atoms with van der Waals surface area (Å²) in [5.41, 5.74) is 0. The highest BCUT2D eigenvalue weighted by Gasteiger charge is 2.28. The van der Waals surface area contributed by atoms with E-state index in [1.54, 1.807) is 0 Å². The minimum atomic E-state index is 0.871. The van der Waals surface area contributed by atoms with Crippen LogP contribution in [0.2, 0.25) is 0 Å². The van der Waals surface area contributed by atoms with Crippen LogP contribution in [0, 0.1) is 11.8 Å². The van der Waals surface area contributed by atoms with Gasteiger partial charge in [0.15, 0.2) is 0 Å². The summed E-state index contributed by atoms with van der Waals surface area (Å²) < 4.78 is 0. The van der Waals surface area contributed by atoms with Gasteiger partial charge < -0.3 is 10.2 Å². The predicted octanol–water partition coefficient (Wildman–Crippen LogP) is 2.50. The summed E-state index contributed by atoms with van der Waals surface area (Å²) >= 11 is 0. The van der Waals surface area contributed by atoms with E-state index in [0.29, 0.717) is 0 Å². The highest BCUT2D eigenvalue weighted by atomic mass is 15.2. The highest BCUT2D eigenvalue weighted by molar-refractivity contribution is 4.83. The maximum Gasteiger partial charge on any atom is 0.00927 e. The lowest BCUT2D eigenvalue weighted by Crippen LogP contribution is -2.39. The highest BCUT2D eigenvalue weighted by Crippen LogP contribution is 2.23. The summed E-state index contributed by atoms with van der Waals surface area (Å²) in [6, 6.07) is 0.871. The third-order valence-corrected chi connectivity index (χ3v) is 4.62. The van der Waals surface area contributed by atoms with Crippen molar-refractivity contribution in [2.75, 3.05) is 26.2 Å². The van der Waals surface area contributed by atoms with E-state index in [-0.39, 0.29) is 0 Å². The Morgan fingerprint density at radius 3 is 2.75 bits per heavy atom. The van der Waals surface area contributed by atoms with Crippen LogP contribution in [0.15, 0.2) is 0 Å². The fourth-order valence-electron chi connectivity index (χ4n) is 3.35. The molecule has 0 amide bonds. The van der Waals surface area contributed by atoms with Crippen LogP contribution in [0.4, 0.5) is 0 Å². The molecule has 0 aliphatic carbocycles. The van der Waals surface area contributed by atoms with E-state index >= 15 is 0 Å². The first-order valence-electron chi connectivity index (χ1n) is 7.26. The molecule has 0 aromatic carbocycles. The lowest BCUT2D eigenvalue weighted by Gasteiger charge is -2.32. The van der Waals surface area contributed by atoms with Gasteiger partial charge in [0.2, 0.25) is 0 Å². The first kappa shape index (κ1) is 12.4. The van der Waals surface area contributed by atoms with Gasteiger partial charge in [-0.25, -0.2) is 0 Å². The molecule has 2 heterocycles. The summed E-state index contributed by atoms with van der Waals surface area (Å²) in [4.78, 5) is 2.79. The van der Waals surface area contributed by atoms with Gasteiger partial charge in [0.25, 0.3) is 0 Å². The molecule has 3 atom stereocenters. The number of likely N-dealkylation sites (tertiary alicyclic amines) is 1. The van der Waals surface area contributed by atoms with E-state index in [0.717, 1.165) is 17.9 Å². The predicted molar refractivity (Wildman–Crippen MR) is 69.6 cm³/mol. The molecule has 0 spiro atoms. The lowest BCUT2D eigenvalue weighted by molar-refractivity contribution is 0.157. The molecular formula is C14H28N2. The molecule has 2 heteroatoms. The maximum atomic E-state index is 3.53. The zero-order valence-electron chi connectivity index (χ0n) is 11.0. The molecule has 2 saturated heterocycles. The van der Waals surface area contributed by atoms with Crippen LogP contribution in [0.25, 0.3) is 0 Å². The largest absolute Gasteiger partial charge is 0.316 e. The van der Waals surface area contributed by atoms with Gasteiger partial charge in [-0.1, -0.05) is 26.7 Å². The third-order valence-electron chi connectivity index (χ3n) is 4.62. The average Bonchev–Trinajstić information content (AvgIpc) is 2.56. The van der Waals surface area contributed by atoms with Crippen LogP contribution >= 0.6 is 0 Å². The summed E-state index contributed by atoms with van der Waals surface area (Å²) in [7, 11) is 0. The zero-order chi connectivity index (χ0) is 11.4. The SMILES string of the molecule is CCC1CCCCCN1CC1CNCC1C. The van der Waals surface area contributed by atoms with Crippen molar-refractivity contribution >= 4 is 0 Å². The Balaban J connectivity index is 1.89. The summed E-state index contributed by atoms with van der Waals surface area (Å²) in [5, 5.41) is 3.53. The Morgan fingerprint density at radius 2 is 2.06 bits per heavy atom. The van der Waals surface area contributed by atoms with Crippen LogP contribution in [0.1, 0.15) is 46.0 Å². The number of rotatable bonds is 3. The van der Waals surface area contributed by atoms with Crippen LogP contribution in [0.5, 0.6) is 0 Å². The molecule has 2 aliphatic rings. The first-order chi connectivity index (χ1) is 7.81. The number of hydrogen-bond donors (Lipinski definition) is 1. The molecule has 2 aliphatic heterocycles. The first-order valence-corrected chi connectivity index (χ1v) is 7.26. The molecular weight excluding hydrogens is 196 g/mol. The fraction of sp³-hybridized carbons (Fsp3) is 1.00. The van der Waals surface area contributed by atoms with E-state index in [1.807, 2.05) is 0 Å². The molecule has 2 fully saturated rings. The van der Waals surface area contributed by atoms with Crippen molar-refractivity contribution in [1.29, 1.82) is 0 Å². The van der Waals surface area contributed by atoms with Crippen molar-refractivity contribution in [3.8, 4) is 0 Å². The lowest BCUT2D eigenvalue weighted by atomic mass is 9.96. The van der Waals surface area contributed by atoms with Gasteiger partial charge in [0.05, 0.1) is 0 Å². The van der Waals surface area contributed by atoms with Crippen molar-refractivity contribution in [3.05, 3.63) is 0 Å². The smallest absolute Gasteiger partial charge is 0.00927 e. The maximum absolute atomic E-state index is 3.53. The third kappa shape index (κ3) is 2.98. The summed E-state index contributed by atoms with van der Waals surface area (Å²) in [6.07, 6.45) is 7.10. The van der Waals surface area contributed by atoms with E-state index in [4.69, 9.17) is 0 Å². The van der Waals surface area contributed by atoms with Crippen LogP contribution < -0.4 is 5.32 Å². The summed E-state index contributed by atoms with van der Waals surface area (Å²) in [5.74, 6) is 1.77. The van der Waals surface area contributed by atoms with Crippen LogP contribution in [-0.4, -0.2) is 37.1 Å². The average molecular weight is 224 g/mol. The molecule has 0 bridgehead atoms. The molecule has 16 heavy (non-hydrogen) atoms. The molecule has 1 N–H and O–H groups in total. The topological polar surface area (TPSA) is 15.3 Å². The Bertz CT molecular complexity index is 205.